The quantitative estimate of drug-likeness (QED) is 0.396. The largest absolute Gasteiger partial charge is 0.354 e. The average molecular weight is 383 g/mol. The Morgan fingerprint density at radius 1 is 1.10 bits per heavy atom. The Morgan fingerprint density at radius 3 is 2.79 bits per heavy atom. The minimum absolute atomic E-state index is 0.0803. The van der Waals surface area contributed by atoms with Crippen LogP contribution in [0.25, 0.3) is 22.2 Å². The number of rotatable bonds is 3. The SMILES string of the molecule is O=[N+]([O-])c1ccc2[nH]c3c(c2c1)CC(=NCc1ccccn1)Nc1ccccc1-3. The summed E-state index contributed by atoms with van der Waals surface area (Å²) in [5.74, 6) is 0.800. The van der Waals surface area contributed by atoms with Gasteiger partial charge in [0.2, 0.25) is 0 Å². The summed E-state index contributed by atoms with van der Waals surface area (Å²) in [7, 11) is 0. The first kappa shape index (κ1) is 17.1. The van der Waals surface area contributed by atoms with Crippen molar-refractivity contribution in [3.63, 3.8) is 0 Å². The summed E-state index contributed by atoms with van der Waals surface area (Å²) < 4.78 is 0. The molecule has 0 saturated heterocycles. The predicted octanol–water partition coefficient (Wildman–Crippen LogP) is 4.70. The second kappa shape index (κ2) is 6.87. The van der Waals surface area contributed by atoms with Crippen LogP contribution in [0, 0.1) is 10.1 Å². The molecule has 0 fully saturated rings. The Bertz CT molecular complexity index is 1260. The summed E-state index contributed by atoms with van der Waals surface area (Å²) in [6.45, 7) is 0.461. The first-order valence-corrected chi connectivity index (χ1v) is 9.28. The molecule has 0 unspecified atom stereocenters. The molecule has 7 nitrogen and oxygen atoms in total. The van der Waals surface area contributed by atoms with Gasteiger partial charge in [0.25, 0.3) is 5.69 Å². The second-order valence-corrected chi connectivity index (χ2v) is 6.90. The molecule has 1 aliphatic heterocycles. The molecule has 2 N–H and O–H groups in total. The Balaban J connectivity index is 1.65. The molecular weight excluding hydrogens is 366 g/mol. The number of nitro benzene ring substituents is 1. The fraction of sp³-hybridized carbons (Fsp3) is 0.0909. The molecule has 7 heteroatoms. The summed E-state index contributed by atoms with van der Waals surface area (Å²) in [5, 5.41) is 15.6. The molecule has 0 atom stereocenters. The standard InChI is InChI=1S/C22H17N5O2/c28-27(29)15-8-9-20-17(11-15)18-12-21(24-13-14-5-3-4-10-23-14)25-19-7-2-1-6-16(19)22(18)26-20/h1-11,26H,12-13H2,(H,24,25). The van der Waals surface area contributed by atoms with Crippen molar-refractivity contribution in [2.75, 3.05) is 5.32 Å². The molecule has 29 heavy (non-hydrogen) atoms. The van der Waals surface area contributed by atoms with Gasteiger partial charge in [0.05, 0.1) is 22.9 Å². The van der Waals surface area contributed by atoms with Crippen LogP contribution in [-0.4, -0.2) is 20.7 Å². The van der Waals surface area contributed by atoms with E-state index < -0.39 is 0 Å². The van der Waals surface area contributed by atoms with Crippen LogP contribution in [0.3, 0.4) is 0 Å². The van der Waals surface area contributed by atoms with Crippen molar-refractivity contribution >= 4 is 28.1 Å². The topological polar surface area (TPSA) is 96.2 Å². The lowest BCUT2D eigenvalue weighted by Gasteiger charge is -2.09. The Morgan fingerprint density at radius 2 is 1.97 bits per heavy atom. The smallest absolute Gasteiger partial charge is 0.270 e. The van der Waals surface area contributed by atoms with Crippen molar-refractivity contribution < 1.29 is 4.92 Å². The van der Waals surface area contributed by atoms with E-state index in [0.29, 0.717) is 13.0 Å². The van der Waals surface area contributed by atoms with Gasteiger partial charge in [-0.25, -0.2) is 0 Å². The molecule has 2 aromatic carbocycles. The van der Waals surface area contributed by atoms with Crippen LogP contribution in [0.4, 0.5) is 11.4 Å². The first-order chi connectivity index (χ1) is 14.2. The fourth-order valence-corrected chi connectivity index (χ4v) is 3.70. The molecule has 4 aromatic rings. The van der Waals surface area contributed by atoms with Gasteiger partial charge in [-0.05, 0) is 29.8 Å². The molecule has 0 radical (unpaired) electrons. The van der Waals surface area contributed by atoms with Gasteiger partial charge in [-0.15, -0.1) is 0 Å². The number of H-pyrrole nitrogens is 1. The number of nitrogens with zero attached hydrogens (tertiary/aromatic N) is 3. The molecule has 0 amide bonds. The van der Waals surface area contributed by atoms with E-state index in [1.807, 2.05) is 42.5 Å². The maximum absolute atomic E-state index is 11.3. The number of aromatic nitrogens is 2. The number of aliphatic imine (C=N–C) groups is 1. The summed E-state index contributed by atoms with van der Waals surface area (Å²) in [5.41, 5.74) is 5.77. The first-order valence-electron chi connectivity index (χ1n) is 9.28. The van der Waals surface area contributed by atoms with Gasteiger partial charge in [-0.2, -0.15) is 0 Å². The highest BCUT2D eigenvalue weighted by molar-refractivity contribution is 6.07. The highest BCUT2D eigenvalue weighted by atomic mass is 16.6. The number of nitrogens with one attached hydrogen (secondary N) is 2. The summed E-state index contributed by atoms with van der Waals surface area (Å²) in [4.78, 5) is 23.4. The molecule has 3 heterocycles. The fourth-order valence-electron chi connectivity index (χ4n) is 3.70. The number of para-hydroxylation sites is 1. The number of aromatic amines is 1. The lowest BCUT2D eigenvalue weighted by atomic mass is 10.0. The van der Waals surface area contributed by atoms with Crippen molar-refractivity contribution in [3.05, 3.63) is 88.2 Å². The Hall–Kier alpha value is -4.00. The molecule has 1 aliphatic rings. The van der Waals surface area contributed by atoms with Crippen LogP contribution in [0.1, 0.15) is 11.3 Å². The van der Waals surface area contributed by atoms with Gasteiger partial charge >= 0.3 is 0 Å². The molecule has 2 aromatic heterocycles. The van der Waals surface area contributed by atoms with E-state index in [0.717, 1.165) is 44.9 Å². The number of benzene rings is 2. The average Bonchev–Trinajstić information content (AvgIpc) is 3.02. The molecular formula is C22H17N5O2. The van der Waals surface area contributed by atoms with Gasteiger partial charge in [0.1, 0.15) is 5.84 Å². The number of amidine groups is 1. The maximum atomic E-state index is 11.3. The Labute approximate surface area is 166 Å². The van der Waals surface area contributed by atoms with E-state index in [2.05, 4.69) is 15.3 Å². The van der Waals surface area contributed by atoms with Crippen molar-refractivity contribution in [2.45, 2.75) is 13.0 Å². The Kier molecular flexibility index (Phi) is 4.05. The van der Waals surface area contributed by atoms with Crippen LogP contribution in [0.2, 0.25) is 0 Å². The minimum atomic E-state index is -0.363. The number of hydrogen-bond acceptors (Lipinski definition) is 4. The monoisotopic (exact) mass is 383 g/mol. The maximum Gasteiger partial charge on any atom is 0.270 e. The lowest BCUT2D eigenvalue weighted by molar-refractivity contribution is -0.384. The van der Waals surface area contributed by atoms with E-state index in [9.17, 15) is 10.1 Å². The molecule has 0 spiro atoms. The number of non-ortho nitro benzene ring substituents is 1. The normalized spacial score (nSPS) is 14.1. The number of hydrogen-bond donors (Lipinski definition) is 2. The van der Waals surface area contributed by atoms with Gasteiger partial charge in [0, 0.05) is 46.9 Å². The highest BCUT2D eigenvalue weighted by Gasteiger charge is 2.23. The zero-order chi connectivity index (χ0) is 19.8. The van der Waals surface area contributed by atoms with Crippen LogP contribution in [0.15, 0.2) is 71.9 Å². The predicted molar refractivity (Wildman–Crippen MR) is 113 cm³/mol. The molecule has 5 rings (SSSR count). The summed E-state index contributed by atoms with van der Waals surface area (Å²) in [6, 6.07) is 18.7. The van der Waals surface area contributed by atoms with Gasteiger partial charge in [0.15, 0.2) is 0 Å². The van der Waals surface area contributed by atoms with Crippen molar-refractivity contribution in [3.8, 4) is 11.3 Å². The molecule has 0 saturated carbocycles. The van der Waals surface area contributed by atoms with Crippen LogP contribution in [0.5, 0.6) is 0 Å². The lowest BCUT2D eigenvalue weighted by Crippen LogP contribution is -2.14. The van der Waals surface area contributed by atoms with Crippen LogP contribution < -0.4 is 5.32 Å². The third-order valence-electron chi connectivity index (χ3n) is 5.08. The van der Waals surface area contributed by atoms with E-state index >= 15 is 0 Å². The summed E-state index contributed by atoms with van der Waals surface area (Å²) in [6.07, 6.45) is 2.29. The van der Waals surface area contributed by atoms with E-state index in [-0.39, 0.29) is 10.6 Å². The van der Waals surface area contributed by atoms with Gasteiger partial charge in [-0.1, -0.05) is 24.3 Å². The summed E-state index contributed by atoms with van der Waals surface area (Å²) >= 11 is 0. The van der Waals surface area contributed by atoms with Crippen LogP contribution in [-0.2, 0) is 13.0 Å². The molecule has 142 valence electrons. The number of nitro groups is 1. The number of pyridine rings is 1. The van der Waals surface area contributed by atoms with Crippen LogP contribution >= 0.6 is 0 Å². The van der Waals surface area contributed by atoms with Crippen molar-refractivity contribution in [2.24, 2.45) is 4.99 Å². The number of fused-ring (bicyclic) bond motifs is 5. The number of anilines is 1. The third-order valence-corrected chi connectivity index (χ3v) is 5.08. The van der Waals surface area contributed by atoms with E-state index in [4.69, 9.17) is 4.99 Å². The molecule has 0 bridgehead atoms. The van der Waals surface area contributed by atoms with Crippen molar-refractivity contribution in [1.82, 2.24) is 9.97 Å². The minimum Gasteiger partial charge on any atom is -0.354 e. The highest BCUT2D eigenvalue weighted by Crippen LogP contribution is 2.38. The van der Waals surface area contributed by atoms with Gasteiger partial charge in [-0.3, -0.25) is 20.1 Å². The van der Waals surface area contributed by atoms with E-state index in [1.165, 1.54) is 6.07 Å². The second-order valence-electron chi connectivity index (χ2n) is 6.90. The zero-order valence-electron chi connectivity index (χ0n) is 15.4. The van der Waals surface area contributed by atoms with E-state index in [1.54, 1.807) is 18.3 Å². The molecule has 0 aliphatic carbocycles. The van der Waals surface area contributed by atoms with Crippen molar-refractivity contribution in [1.29, 1.82) is 0 Å². The zero-order valence-corrected chi connectivity index (χ0v) is 15.4. The van der Waals surface area contributed by atoms with Gasteiger partial charge < -0.3 is 10.3 Å². The third kappa shape index (κ3) is 3.12.